The first kappa shape index (κ1) is 11.2. The van der Waals surface area contributed by atoms with Crippen LogP contribution in [0.1, 0.15) is 55.6 Å². The zero-order chi connectivity index (χ0) is 11.5. The highest BCUT2D eigenvalue weighted by Gasteiger charge is 2.19. The average Bonchev–Trinajstić information content (AvgIpc) is 2.81. The minimum Gasteiger partial charge on any atom is -0.481 e. The lowest BCUT2D eigenvalue weighted by atomic mass is 9.92. The molecule has 16 heavy (non-hydrogen) atoms. The number of carboxylic acid groups (broad SMARTS) is 1. The molecule has 0 aliphatic heterocycles. The standard InChI is InChI=1S/C14H18O2/c1-10(14(15)16)12-7-4-8-13(9-12)11-5-2-3-6-11/h4,7-11H,2-3,5-6H2,1H3,(H,15,16). The maximum atomic E-state index is 10.9. The first-order valence-electron chi connectivity index (χ1n) is 6.01. The molecule has 1 aromatic carbocycles. The van der Waals surface area contributed by atoms with Crippen molar-refractivity contribution in [2.24, 2.45) is 0 Å². The number of rotatable bonds is 3. The van der Waals surface area contributed by atoms with Gasteiger partial charge in [0.2, 0.25) is 0 Å². The van der Waals surface area contributed by atoms with Gasteiger partial charge in [-0.05, 0) is 36.8 Å². The van der Waals surface area contributed by atoms with E-state index in [1.54, 1.807) is 6.92 Å². The van der Waals surface area contributed by atoms with E-state index in [9.17, 15) is 4.79 Å². The van der Waals surface area contributed by atoms with Crippen molar-refractivity contribution in [3.63, 3.8) is 0 Å². The summed E-state index contributed by atoms with van der Waals surface area (Å²) in [5, 5.41) is 8.99. The molecule has 1 unspecified atom stereocenters. The van der Waals surface area contributed by atoms with E-state index in [1.165, 1.54) is 31.2 Å². The molecule has 1 N–H and O–H groups in total. The van der Waals surface area contributed by atoms with Crippen LogP contribution < -0.4 is 0 Å². The predicted molar refractivity (Wildman–Crippen MR) is 63.7 cm³/mol. The summed E-state index contributed by atoms with van der Waals surface area (Å²) in [5.74, 6) is -0.495. The molecule has 0 bridgehead atoms. The van der Waals surface area contributed by atoms with Gasteiger partial charge in [-0.2, -0.15) is 0 Å². The Labute approximate surface area is 96.3 Å². The summed E-state index contributed by atoms with van der Waals surface area (Å²) in [7, 11) is 0. The third-order valence-corrected chi connectivity index (χ3v) is 3.61. The Morgan fingerprint density at radius 1 is 1.38 bits per heavy atom. The van der Waals surface area contributed by atoms with Crippen molar-refractivity contribution in [3.8, 4) is 0 Å². The first-order valence-corrected chi connectivity index (χ1v) is 6.01. The Morgan fingerprint density at radius 2 is 2.06 bits per heavy atom. The molecule has 2 rings (SSSR count). The maximum Gasteiger partial charge on any atom is 0.310 e. The summed E-state index contributed by atoms with van der Waals surface area (Å²) in [6.07, 6.45) is 5.13. The van der Waals surface area contributed by atoms with E-state index in [2.05, 4.69) is 12.1 Å². The van der Waals surface area contributed by atoms with Crippen molar-refractivity contribution in [1.29, 1.82) is 0 Å². The van der Waals surface area contributed by atoms with Crippen LogP contribution in [-0.4, -0.2) is 11.1 Å². The molecule has 1 saturated carbocycles. The summed E-state index contributed by atoms with van der Waals surface area (Å²) in [6.45, 7) is 1.75. The van der Waals surface area contributed by atoms with Crippen LogP contribution in [0.2, 0.25) is 0 Å². The topological polar surface area (TPSA) is 37.3 Å². The lowest BCUT2D eigenvalue weighted by Gasteiger charge is -2.13. The maximum absolute atomic E-state index is 10.9. The van der Waals surface area contributed by atoms with Gasteiger partial charge >= 0.3 is 5.97 Å². The fraction of sp³-hybridized carbons (Fsp3) is 0.500. The summed E-state index contributed by atoms with van der Waals surface area (Å²) in [4.78, 5) is 10.9. The van der Waals surface area contributed by atoms with Gasteiger partial charge in [0.25, 0.3) is 0 Å². The average molecular weight is 218 g/mol. The highest BCUT2D eigenvalue weighted by molar-refractivity contribution is 5.75. The number of carboxylic acids is 1. The molecule has 0 heterocycles. The van der Waals surface area contributed by atoms with E-state index in [1.807, 2.05) is 12.1 Å². The Balaban J connectivity index is 2.21. The number of benzene rings is 1. The molecule has 0 aromatic heterocycles. The van der Waals surface area contributed by atoms with Crippen LogP contribution >= 0.6 is 0 Å². The van der Waals surface area contributed by atoms with Crippen molar-refractivity contribution in [3.05, 3.63) is 35.4 Å². The van der Waals surface area contributed by atoms with Gasteiger partial charge in [-0.25, -0.2) is 0 Å². The Hall–Kier alpha value is -1.31. The fourth-order valence-corrected chi connectivity index (χ4v) is 2.48. The molecule has 0 radical (unpaired) electrons. The molecule has 86 valence electrons. The quantitative estimate of drug-likeness (QED) is 0.842. The van der Waals surface area contributed by atoms with Gasteiger partial charge in [0.1, 0.15) is 0 Å². The van der Waals surface area contributed by atoms with Crippen molar-refractivity contribution in [1.82, 2.24) is 0 Å². The smallest absolute Gasteiger partial charge is 0.310 e. The molecule has 1 aliphatic carbocycles. The van der Waals surface area contributed by atoms with Crippen LogP contribution in [0.5, 0.6) is 0 Å². The summed E-state index contributed by atoms with van der Waals surface area (Å²) >= 11 is 0. The molecule has 1 aromatic rings. The molecule has 2 nitrogen and oxygen atoms in total. The Bertz CT molecular complexity index is 378. The zero-order valence-electron chi connectivity index (χ0n) is 9.65. The minimum atomic E-state index is -0.747. The molecule has 0 saturated heterocycles. The van der Waals surface area contributed by atoms with Crippen LogP contribution in [0.3, 0.4) is 0 Å². The number of hydrogen-bond donors (Lipinski definition) is 1. The molecule has 0 spiro atoms. The summed E-state index contributed by atoms with van der Waals surface area (Å²) in [6, 6.07) is 8.11. The van der Waals surface area contributed by atoms with E-state index < -0.39 is 11.9 Å². The molecular formula is C14H18O2. The monoisotopic (exact) mass is 218 g/mol. The van der Waals surface area contributed by atoms with Crippen LogP contribution in [0.25, 0.3) is 0 Å². The van der Waals surface area contributed by atoms with Crippen molar-refractivity contribution in [2.75, 3.05) is 0 Å². The van der Waals surface area contributed by atoms with Crippen LogP contribution in [0.15, 0.2) is 24.3 Å². The second-order valence-electron chi connectivity index (χ2n) is 4.71. The van der Waals surface area contributed by atoms with Gasteiger partial charge < -0.3 is 5.11 Å². The van der Waals surface area contributed by atoms with E-state index in [-0.39, 0.29) is 0 Å². The molecule has 1 atom stereocenters. The lowest BCUT2D eigenvalue weighted by molar-refractivity contribution is -0.138. The van der Waals surface area contributed by atoms with Gasteiger partial charge in [-0.1, -0.05) is 37.1 Å². The van der Waals surface area contributed by atoms with Crippen LogP contribution in [0.4, 0.5) is 0 Å². The highest BCUT2D eigenvalue weighted by Crippen LogP contribution is 2.34. The lowest BCUT2D eigenvalue weighted by Crippen LogP contribution is -2.08. The number of hydrogen-bond acceptors (Lipinski definition) is 1. The van der Waals surface area contributed by atoms with E-state index in [0.717, 1.165) is 5.56 Å². The van der Waals surface area contributed by atoms with Gasteiger partial charge in [-0.15, -0.1) is 0 Å². The number of aliphatic carboxylic acids is 1. The van der Waals surface area contributed by atoms with Gasteiger partial charge in [-0.3, -0.25) is 4.79 Å². The van der Waals surface area contributed by atoms with E-state index in [0.29, 0.717) is 5.92 Å². The van der Waals surface area contributed by atoms with Gasteiger partial charge in [0.15, 0.2) is 0 Å². The largest absolute Gasteiger partial charge is 0.481 e. The van der Waals surface area contributed by atoms with Crippen molar-refractivity contribution in [2.45, 2.75) is 44.4 Å². The molecule has 2 heteroatoms. The molecule has 1 aliphatic rings. The molecular weight excluding hydrogens is 200 g/mol. The van der Waals surface area contributed by atoms with E-state index >= 15 is 0 Å². The third kappa shape index (κ3) is 2.26. The first-order chi connectivity index (χ1) is 7.68. The van der Waals surface area contributed by atoms with Gasteiger partial charge in [0.05, 0.1) is 5.92 Å². The number of carbonyl (C=O) groups is 1. The summed E-state index contributed by atoms with van der Waals surface area (Å²) in [5.41, 5.74) is 2.25. The normalized spacial score (nSPS) is 18.6. The second-order valence-corrected chi connectivity index (χ2v) is 4.71. The Kier molecular flexibility index (Phi) is 3.28. The van der Waals surface area contributed by atoms with Gasteiger partial charge in [0, 0.05) is 0 Å². The fourth-order valence-electron chi connectivity index (χ4n) is 2.48. The van der Waals surface area contributed by atoms with Crippen LogP contribution in [0, 0.1) is 0 Å². The van der Waals surface area contributed by atoms with Crippen molar-refractivity contribution >= 4 is 5.97 Å². The predicted octanol–water partition coefficient (Wildman–Crippen LogP) is 3.53. The third-order valence-electron chi connectivity index (χ3n) is 3.61. The minimum absolute atomic E-state index is 0.402. The summed E-state index contributed by atoms with van der Waals surface area (Å²) < 4.78 is 0. The second kappa shape index (κ2) is 4.69. The Morgan fingerprint density at radius 3 is 2.69 bits per heavy atom. The van der Waals surface area contributed by atoms with E-state index in [4.69, 9.17) is 5.11 Å². The SMILES string of the molecule is CC(C(=O)O)c1cccc(C2CCCC2)c1. The van der Waals surface area contributed by atoms with Crippen molar-refractivity contribution < 1.29 is 9.90 Å². The molecule has 1 fully saturated rings. The molecule has 0 amide bonds. The zero-order valence-corrected chi connectivity index (χ0v) is 9.65. The highest BCUT2D eigenvalue weighted by atomic mass is 16.4. The van der Waals surface area contributed by atoms with Crippen LogP contribution in [-0.2, 0) is 4.79 Å².